The number of rotatable bonds is 4. The summed E-state index contributed by atoms with van der Waals surface area (Å²) in [5.41, 5.74) is 1.34. The van der Waals surface area contributed by atoms with Gasteiger partial charge in [0.2, 0.25) is 0 Å². The molecule has 3 heteroatoms. The average Bonchev–Trinajstić information content (AvgIpc) is 2.66. The number of nitrogens with one attached hydrogen (secondary N) is 1. The maximum atomic E-state index is 4.04. The first-order chi connectivity index (χ1) is 7.75. The molecule has 0 aliphatic carbocycles. The minimum Gasteiger partial charge on any atom is -0.312 e. The zero-order chi connectivity index (χ0) is 11.4. The third kappa shape index (κ3) is 3.03. The van der Waals surface area contributed by atoms with Crippen LogP contribution in [-0.2, 0) is 6.54 Å². The van der Waals surface area contributed by atoms with Crippen molar-refractivity contribution >= 4 is 0 Å². The largest absolute Gasteiger partial charge is 0.312 e. The second-order valence-corrected chi connectivity index (χ2v) is 4.88. The highest BCUT2D eigenvalue weighted by Crippen LogP contribution is 2.15. The molecular formula is C13H21N3. The number of hydrogen-bond acceptors (Lipinski definition) is 3. The molecule has 0 amide bonds. The zero-order valence-electron chi connectivity index (χ0n) is 10.2. The number of hydrogen-bond donors (Lipinski definition) is 1. The van der Waals surface area contributed by atoms with Gasteiger partial charge in [-0.05, 0) is 43.6 Å². The van der Waals surface area contributed by atoms with Crippen LogP contribution in [0, 0.1) is 5.92 Å². The minimum atomic E-state index is 0.659. The van der Waals surface area contributed by atoms with Gasteiger partial charge in [0.15, 0.2) is 0 Å². The lowest BCUT2D eigenvalue weighted by Gasteiger charge is -2.23. The third-order valence-electron chi connectivity index (χ3n) is 3.40. The predicted octanol–water partition coefficient (Wildman–Crippen LogP) is 1.51. The third-order valence-corrected chi connectivity index (χ3v) is 3.40. The van der Waals surface area contributed by atoms with E-state index in [-0.39, 0.29) is 0 Å². The Kier molecular flexibility index (Phi) is 3.91. The van der Waals surface area contributed by atoms with E-state index in [1.165, 1.54) is 18.5 Å². The molecule has 1 fully saturated rings. The van der Waals surface area contributed by atoms with E-state index in [1.807, 2.05) is 12.4 Å². The first-order valence-corrected chi connectivity index (χ1v) is 6.06. The Bertz CT molecular complexity index is 312. The molecule has 1 saturated heterocycles. The van der Waals surface area contributed by atoms with Crippen molar-refractivity contribution in [3.05, 3.63) is 30.1 Å². The van der Waals surface area contributed by atoms with Crippen molar-refractivity contribution in [2.45, 2.75) is 25.9 Å². The highest BCUT2D eigenvalue weighted by atomic mass is 15.1. The monoisotopic (exact) mass is 219 g/mol. The average molecular weight is 219 g/mol. The first-order valence-electron chi connectivity index (χ1n) is 6.06. The Morgan fingerprint density at radius 1 is 1.44 bits per heavy atom. The summed E-state index contributed by atoms with van der Waals surface area (Å²) in [6.45, 7) is 5.65. The molecule has 2 heterocycles. The Balaban J connectivity index is 1.82. The van der Waals surface area contributed by atoms with Gasteiger partial charge in [0.25, 0.3) is 0 Å². The number of pyridine rings is 1. The quantitative estimate of drug-likeness (QED) is 0.832. The summed E-state index contributed by atoms with van der Waals surface area (Å²) in [6, 6.07) is 4.83. The highest BCUT2D eigenvalue weighted by Gasteiger charge is 2.23. The van der Waals surface area contributed by atoms with Gasteiger partial charge in [0.05, 0.1) is 0 Å². The molecule has 0 saturated carbocycles. The van der Waals surface area contributed by atoms with Crippen molar-refractivity contribution in [3.8, 4) is 0 Å². The normalized spacial score (nSPS) is 25.2. The van der Waals surface area contributed by atoms with Gasteiger partial charge in [-0.15, -0.1) is 0 Å². The zero-order valence-corrected chi connectivity index (χ0v) is 10.2. The van der Waals surface area contributed by atoms with Crippen LogP contribution in [-0.4, -0.2) is 36.1 Å². The van der Waals surface area contributed by atoms with Crippen LogP contribution >= 0.6 is 0 Å². The van der Waals surface area contributed by atoms with Gasteiger partial charge < -0.3 is 10.2 Å². The van der Waals surface area contributed by atoms with Crippen molar-refractivity contribution in [1.82, 2.24) is 15.2 Å². The summed E-state index contributed by atoms with van der Waals surface area (Å²) in [5, 5.41) is 3.57. The maximum absolute atomic E-state index is 4.04. The van der Waals surface area contributed by atoms with Crippen LogP contribution < -0.4 is 5.32 Å². The fourth-order valence-corrected chi connectivity index (χ4v) is 2.34. The van der Waals surface area contributed by atoms with Crippen LogP contribution in [0.1, 0.15) is 18.9 Å². The Morgan fingerprint density at radius 3 is 2.81 bits per heavy atom. The molecule has 1 aromatic heterocycles. The fraction of sp³-hybridized carbons (Fsp3) is 0.615. The van der Waals surface area contributed by atoms with E-state index in [2.05, 4.69) is 41.3 Å². The SMILES string of the molecule is CC1CCNC1CN(C)Cc1ccncc1. The van der Waals surface area contributed by atoms with Gasteiger partial charge in [-0.1, -0.05) is 6.92 Å². The summed E-state index contributed by atoms with van der Waals surface area (Å²) >= 11 is 0. The molecular weight excluding hydrogens is 198 g/mol. The fourth-order valence-electron chi connectivity index (χ4n) is 2.34. The molecule has 0 radical (unpaired) electrons. The predicted molar refractivity (Wildman–Crippen MR) is 66.1 cm³/mol. The molecule has 1 aliphatic rings. The van der Waals surface area contributed by atoms with Crippen LogP contribution in [0.25, 0.3) is 0 Å². The summed E-state index contributed by atoms with van der Waals surface area (Å²) < 4.78 is 0. The molecule has 0 spiro atoms. The number of likely N-dealkylation sites (N-methyl/N-ethyl adjacent to an activating group) is 1. The Hall–Kier alpha value is -0.930. The summed E-state index contributed by atoms with van der Waals surface area (Å²) in [5.74, 6) is 0.805. The van der Waals surface area contributed by atoms with Crippen LogP contribution in [0.15, 0.2) is 24.5 Å². The standard InChI is InChI=1S/C13H21N3/c1-11-3-8-15-13(11)10-16(2)9-12-4-6-14-7-5-12/h4-7,11,13,15H,3,8-10H2,1-2H3. The molecule has 2 unspecified atom stereocenters. The summed E-state index contributed by atoms with van der Waals surface area (Å²) in [6.07, 6.45) is 5.03. The molecule has 3 nitrogen and oxygen atoms in total. The molecule has 1 aromatic rings. The van der Waals surface area contributed by atoms with Crippen molar-refractivity contribution in [3.63, 3.8) is 0 Å². The van der Waals surface area contributed by atoms with Crippen LogP contribution in [0.3, 0.4) is 0 Å². The Morgan fingerprint density at radius 2 is 2.19 bits per heavy atom. The smallest absolute Gasteiger partial charge is 0.0271 e. The van der Waals surface area contributed by atoms with Gasteiger partial charge in [-0.2, -0.15) is 0 Å². The molecule has 16 heavy (non-hydrogen) atoms. The number of aromatic nitrogens is 1. The Labute approximate surface area is 97.9 Å². The van der Waals surface area contributed by atoms with Crippen LogP contribution in [0.2, 0.25) is 0 Å². The molecule has 2 atom stereocenters. The van der Waals surface area contributed by atoms with Crippen LogP contribution in [0.4, 0.5) is 0 Å². The molecule has 2 rings (SSSR count). The van der Waals surface area contributed by atoms with Gasteiger partial charge in [-0.3, -0.25) is 4.98 Å². The topological polar surface area (TPSA) is 28.2 Å². The summed E-state index contributed by atoms with van der Waals surface area (Å²) in [7, 11) is 2.19. The molecule has 0 aromatic carbocycles. The van der Waals surface area contributed by atoms with Crippen LogP contribution in [0.5, 0.6) is 0 Å². The lowest BCUT2D eigenvalue weighted by Crippen LogP contribution is -2.37. The van der Waals surface area contributed by atoms with Gasteiger partial charge in [0, 0.05) is 31.5 Å². The van der Waals surface area contributed by atoms with E-state index >= 15 is 0 Å². The van der Waals surface area contributed by atoms with Gasteiger partial charge >= 0.3 is 0 Å². The maximum Gasteiger partial charge on any atom is 0.0271 e. The number of nitrogens with zero attached hydrogens (tertiary/aromatic N) is 2. The minimum absolute atomic E-state index is 0.659. The van der Waals surface area contributed by atoms with Crippen molar-refractivity contribution in [2.24, 2.45) is 5.92 Å². The summed E-state index contributed by atoms with van der Waals surface area (Å²) in [4.78, 5) is 6.42. The molecule has 1 aliphatic heterocycles. The first kappa shape index (κ1) is 11.6. The lowest BCUT2D eigenvalue weighted by atomic mass is 10.0. The second-order valence-electron chi connectivity index (χ2n) is 4.88. The van der Waals surface area contributed by atoms with Crippen molar-refractivity contribution < 1.29 is 0 Å². The van der Waals surface area contributed by atoms with E-state index in [0.717, 1.165) is 19.0 Å². The van der Waals surface area contributed by atoms with Crippen molar-refractivity contribution in [2.75, 3.05) is 20.1 Å². The van der Waals surface area contributed by atoms with E-state index in [4.69, 9.17) is 0 Å². The highest BCUT2D eigenvalue weighted by molar-refractivity contribution is 5.09. The molecule has 88 valence electrons. The van der Waals surface area contributed by atoms with Crippen molar-refractivity contribution in [1.29, 1.82) is 0 Å². The molecule has 1 N–H and O–H groups in total. The second kappa shape index (κ2) is 5.41. The van der Waals surface area contributed by atoms with E-state index in [9.17, 15) is 0 Å². The van der Waals surface area contributed by atoms with E-state index in [1.54, 1.807) is 0 Å². The van der Waals surface area contributed by atoms with E-state index in [0.29, 0.717) is 6.04 Å². The molecule has 0 bridgehead atoms. The lowest BCUT2D eigenvalue weighted by molar-refractivity contribution is 0.271. The van der Waals surface area contributed by atoms with E-state index < -0.39 is 0 Å². The van der Waals surface area contributed by atoms with Gasteiger partial charge in [-0.25, -0.2) is 0 Å². The van der Waals surface area contributed by atoms with Gasteiger partial charge in [0.1, 0.15) is 0 Å².